The van der Waals surface area contributed by atoms with Crippen LogP contribution in [0.25, 0.3) is 11.3 Å². The highest BCUT2D eigenvalue weighted by Gasteiger charge is 2.27. The Hall–Kier alpha value is -3.61. The molecule has 1 unspecified atom stereocenters. The number of nitrogens with one attached hydrogen (secondary N) is 2. The molecule has 2 aliphatic rings. The molecular weight excluding hydrogens is 428 g/mol. The van der Waals surface area contributed by atoms with Crippen LogP contribution < -0.4 is 10.6 Å². The molecule has 2 amide bonds. The van der Waals surface area contributed by atoms with Crippen molar-refractivity contribution in [3.63, 3.8) is 0 Å². The van der Waals surface area contributed by atoms with E-state index in [1.54, 1.807) is 12.5 Å². The third-order valence-corrected chi connectivity index (χ3v) is 6.98. The average Bonchev–Trinajstić information content (AvgIpc) is 3.59. The molecule has 1 heterocycles. The van der Waals surface area contributed by atoms with E-state index in [0.29, 0.717) is 6.42 Å². The molecule has 34 heavy (non-hydrogen) atoms. The number of urea groups is 1. The van der Waals surface area contributed by atoms with Crippen LogP contribution in [0, 0.1) is 0 Å². The summed E-state index contributed by atoms with van der Waals surface area (Å²) in [6.07, 6.45) is 10.2. The lowest BCUT2D eigenvalue weighted by Crippen LogP contribution is -2.45. The number of ether oxygens (including phenoxy) is 1. The standard InChI is InChI=1S/C27H30N4O3/c1-31-16-28-15-24(31)20-9-3-6-17(12-20)13-23(26(32)34-2)29-27(33)30-25-21-10-4-7-18(21)14-19-8-5-11-22(19)25/h3,6,9,12,14-16,23H,4-5,7-8,10-11,13H2,1-2H3,(H2,29,30,33). The molecule has 7 nitrogen and oxygen atoms in total. The minimum atomic E-state index is -0.795. The van der Waals surface area contributed by atoms with Gasteiger partial charge in [-0.25, -0.2) is 14.6 Å². The molecule has 2 N–H and O–H groups in total. The predicted octanol–water partition coefficient (Wildman–Crippen LogP) is 3.97. The lowest BCUT2D eigenvalue weighted by Gasteiger charge is -2.20. The third-order valence-electron chi connectivity index (χ3n) is 6.98. The fraction of sp³-hybridized carbons (Fsp3) is 0.370. The second-order valence-corrected chi connectivity index (χ2v) is 9.20. The van der Waals surface area contributed by atoms with Gasteiger partial charge in [0.2, 0.25) is 0 Å². The molecule has 0 saturated carbocycles. The molecule has 3 aromatic rings. The number of esters is 1. The van der Waals surface area contributed by atoms with Crippen molar-refractivity contribution in [2.75, 3.05) is 12.4 Å². The first-order valence-corrected chi connectivity index (χ1v) is 11.9. The van der Waals surface area contributed by atoms with E-state index in [4.69, 9.17) is 4.74 Å². The molecular formula is C27H30N4O3. The molecule has 1 atom stereocenters. The van der Waals surface area contributed by atoms with Gasteiger partial charge in [-0.1, -0.05) is 24.3 Å². The molecule has 0 radical (unpaired) electrons. The first-order chi connectivity index (χ1) is 16.5. The van der Waals surface area contributed by atoms with Gasteiger partial charge in [-0.2, -0.15) is 0 Å². The number of hydrogen-bond acceptors (Lipinski definition) is 4. The number of benzene rings is 2. The molecule has 0 spiro atoms. The van der Waals surface area contributed by atoms with Crippen LogP contribution >= 0.6 is 0 Å². The maximum absolute atomic E-state index is 13.1. The van der Waals surface area contributed by atoms with Crippen LogP contribution in [-0.2, 0) is 48.7 Å². The van der Waals surface area contributed by atoms with Gasteiger partial charge in [0.05, 0.1) is 25.3 Å². The average molecular weight is 459 g/mol. The topological polar surface area (TPSA) is 85.2 Å². The Bertz CT molecular complexity index is 1210. The first-order valence-electron chi connectivity index (χ1n) is 11.9. The van der Waals surface area contributed by atoms with Crippen molar-refractivity contribution in [1.82, 2.24) is 14.9 Å². The van der Waals surface area contributed by atoms with E-state index in [1.165, 1.54) is 29.4 Å². The second kappa shape index (κ2) is 9.33. The number of methoxy groups -OCH3 is 1. The highest BCUT2D eigenvalue weighted by atomic mass is 16.5. The lowest BCUT2D eigenvalue weighted by molar-refractivity contribution is -0.142. The number of nitrogens with zero attached hydrogens (tertiary/aromatic N) is 2. The largest absolute Gasteiger partial charge is 0.467 e. The summed E-state index contributed by atoms with van der Waals surface area (Å²) in [5.41, 5.74) is 9.09. The van der Waals surface area contributed by atoms with Crippen molar-refractivity contribution in [2.45, 2.75) is 51.0 Å². The highest BCUT2D eigenvalue weighted by Crippen LogP contribution is 2.38. The second-order valence-electron chi connectivity index (χ2n) is 9.20. The van der Waals surface area contributed by atoms with Crippen LogP contribution in [0.4, 0.5) is 10.5 Å². The number of carbonyl (C=O) groups excluding carboxylic acids is 2. The van der Waals surface area contributed by atoms with Crippen molar-refractivity contribution in [1.29, 1.82) is 0 Å². The summed E-state index contributed by atoms with van der Waals surface area (Å²) in [6, 6.07) is 9.09. The summed E-state index contributed by atoms with van der Waals surface area (Å²) in [4.78, 5) is 29.8. The zero-order chi connectivity index (χ0) is 23.7. The Balaban J connectivity index is 1.35. The number of rotatable bonds is 6. The molecule has 0 saturated heterocycles. The fourth-order valence-electron chi connectivity index (χ4n) is 5.34. The van der Waals surface area contributed by atoms with Crippen molar-refractivity contribution in [2.24, 2.45) is 7.05 Å². The van der Waals surface area contributed by atoms with Gasteiger partial charge >= 0.3 is 12.0 Å². The SMILES string of the molecule is COC(=O)C(Cc1cccc(-c2cncn2C)c1)NC(=O)Nc1c2c(cc3c1CCC3)CCC2. The Morgan fingerprint density at radius 2 is 1.82 bits per heavy atom. The number of aromatic nitrogens is 2. The molecule has 2 aliphatic carbocycles. The van der Waals surface area contributed by atoms with Crippen LogP contribution in [0.5, 0.6) is 0 Å². The van der Waals surface area contributed by atoms with E-state index in [9.17, 15) is 9.59 Å². The number of hydrogen-bond donors (Lipinski definition) is 2. The van der Waals surface area contributed by atoms with Gasteiger partial charge < -0.3 is 19.9 Å². The van der Waals surface area contributed by atoms with Gasteiger partial charge in [0.25, 0.3) is 0 Å². The predicted molar refractivity (Wildman–Crippen MR) is 131 cm³/mol. The number of aryl methyl sites for hydroxylation is 3. The maximum atomic E-state index is 13.1. The van der Waals surface area contributed by atoms with Gasteiger partial charge in [-0.3, -0.25) is 0 Å². The molecule has 0 aliphatic heterocycles. The van der Waals surface area contributed by atoms with Crippen molar-refractivity contribution in [3.05, 3.63) is 70.7 Å². The number of fused-ring (bicyclic) bond motifs is 2. The highest BCUT2D eigenvalue weighted by molar-refractivity contribution is 5.94. The summed E-state index contributed by atoms with van der Waals surface area (Å²) in [7, 11) is 3.28. The van der Waals surface area contributed by atoms with E-state index in [1.807, 2.05) is 35.9 Å². The number of amides is 2. The van der Waals surface area contributed by atoms with Crippen molar-refractivity contribution >= 4 is 17.7 Å². The Morgan fingerprint density at radius 1 is 1.09 bits per heavy atom. The van der Waals surface area contributed by atoms with Crippen LogP contribution in [-0.4, -0.2) is 34.7 Å². The zero-order valence-electron chi connectivity index (χ0n) is 19.7. The van der Waals surface area contributed by atoms with Crippen LogP contribution in [0.15, 0.2) is 42.9 Å². The normalized spacial score (nSPS) is 14.9. The van der Waals surface area contributed by atoms with Crippen molar-refractivity contribution in [3.8, 4) is 11.3 Å². The van der Waals surface area contributed by atoms with E-state index in [2.05, 4.69) is 21.7 Å². The molecule has 0 fully saturated rings. The number of anilines is 1. The number of carbonyl (C=O) groups is 2. The minimum absolute atomic E-state index is 0.330. The van der Waals surface area contributed by atoms with E-state index < -0.39 is 12.0 Å². The minimum Gasteiger partial charge on any atom is -0.467 e. The lowest BCUT2D eigenvalue weighted by atomic mass is 9.99. The summed E-state index contributed by atoms with van der Waals surface area (Å²) in [6.45, 7) is 0. The van der Waals surface area contributed by atoms with Gasteiger partial charge in [0.1, 0.15) is 6.04 Å². The first kappa shape index (κ1) is 22.2. The molecule has 176 valence electrons. The van der Waals surface area contributed by atoms with Crippen LogP contribution in [0.2, 0.25) is 0 Å². The fourth-order valence-corrected chi connectivity index (χ4v) is 5.34. The molecule has 2 aromatic carbocycles. The van der Waals surface area contributed by atoms with E-state index in [-0.39, 0.29) is 6.03 Å². The van der Waals surface area contributed by atoms with Gasteiger partial charge in [-0.05, 0) is 72.4 Å². The van der Waals surface area contributed by atoms with Crippen LogP contribution in [0.3, 0.4) is 0 Å². The zero-order valence-corrected chi connectivity index (χ0v) is 19.7. The molecule has 0 bridgehead atoms. The van der Waals surface area contributed by atoms with Crippen molar-refractivity contribution < 1.29 is 14.3 Å². The Labute approximate surface area is 199 Å². The number of imidazole rings is 1. The van der Waals surface area contributed by atoms with Gasteiger partial charge in [-0.15, -0.1) is 0 Å². The molecule has 5 rings (SSSR count). The van der Waals surface area contributed by atoms with Gasteiger partial charge in [0, 0.05) is 24.7 Å². The van der Waals surface area contributed by atoms with Gasteiger partial charge in [0.15, 0.2) is 0 Å². The monoisotopic (exact) mass is 458 g/mol. The summed E-state index contributed by atoms with van der Waals surface area (Å²) >= 11 is 0. The summed E-state index contributed by atoms with van der Waals surface area (Å²) in [5, 5.41) is 5.98. The quantitative estimate of drug-likeness (QED) is 0.548. The Kier molecular flexibility index (Phi) is 6.09. The summed E-state index contributed by atoms with van der Waals surface area (Å²) in [5.74, 6) is -0.468. The smallest absolute Gasteiger partial charge is 0.328 e. The third kappa shape index (κ3) is 4.30. The molecule has 1 aromatic heterocycles. The summed E-state index contributed by atoms with van der Waals surface area (Å²) < 4.78 is 6.95. The Morgan fingerprint density at radius 3 is 2.47 bits per heavy atom. The van der Waals surface area contributed by atoms with E-state index in [0.717, 1.165) is 61.0 Å². The van der Waals surface area contributed by atoms with Crippen LogP contribution in [0.1, 0.15) is 40.7 Å². The maximum Gasteiger partial charge on any atom is 0.328 e. The van der Waals surface area contributed by atoms with E-state index >= 15 is 0 Å². The molecule has 7 heteroatoms.